The fourth-order valence-electron chi connectivity index (χ4n) is 2.71. The van der Waals surface area contributed by atoms with Crippen molar-refractivity contribution in [3.05, 3.63) is 48.4 Å². The normalized spacial score (nSPS) is 10.5. The minimum Gasteiger partial charge on any atom is -0.337 e. The van der Waals surface area contributed by atoms with Crippen molar-refractivity contribution >= 4 is 17.4 Å². The molecule has 0 saturated carbocycles. The van der Waals surface area contributed by atoms with Crippen LogP contribution in [0, 0.1) is 0 Å². The van der Waals surface area contributed by atoms with Gasteiger partial charge in [-0.05, 0) is 31.9 Å². The second kappa shape index (κ2) is 9.01. The third-order valence-corrected chi connectivity index (χ3v) is 3.81. The van der Waals surface area contributed by atoms with Crippen LogP contribution in [0.5, 0.6) is 0 Å². The maximum absolute atomic E-state index is 12.7. The molecule has 2 aromatic rings. The molecule has 0 saturated heterocycles. The van der Waals surface area contributed by atoms with Crippen molar-refractivity contribution in [2.24, 2.45) is 0 Å². The lowest BCUT2D eigenvalue weighted by atomic mass is 10.2. The number of carbonyl (C=O) groups excluding carboxylic acids is 1. The van der Waals surface area contributed by atoms with Crippen LogP contribution in [0.4, 0.5) is 11.5 Å². The highest BCUT2D eigenvalue weighted by Gasteiger charge is 2.18. The van der Waals surface area contributed by atoms with Crippen LogP contribution >= 0.6 is 0 Å². The Balaban J connectivity index is 2.28. The van der Waals surface area contributed by atoms with Gasteiger partial charge in [0.2, 0.25) is 0 Å². The van der Waals surface area contributed by atoms with Gasteiger partial charge in [0.15, 0.2) is 0 Å². The molecule has 2 rings (SSSR count). The molecule has 5 heteroatoms. The zero-order valence-electron chi connectivity index (χ0n) is 14.8. The Morgan fingerprint density at radius 3 is 2.25 bits per heavy atom. The molecule has 0 fully saturated rings. The van der Waals surface area contributed by atoms with E-state index in [2.05, 4.69) is 35.6 Å². The first-order valence-corrected chi connectivity index (χ1v) is 8.65. The van der Waals surface area contributed by atoms with Crippen molar-refractivity contribution in [2.45, 2.75) is 33.6 Å². The summed E-state index contributed by atoms with van der Waals surface area (Å²) in [6.07, 6.45) is 3.35. The van der Waals surface area contributed by atoms with Crippen LogP contribution in [-0.4, -0.2) is 40.4 Å². The fraction of sp³-hybridized carbons (Fsp3) is 0.421. The Hall–Kier alpha value is -2.43. The van der Waals surface area contributed by atoms with Gasteiger partial charge in [0, 0.05) is 31.4 Å². The van der Waals surface area contributed by atoms with E-state index in [0.29, 0.717) is 5.69 Å². The maximum atomic E-state index is 12.7. The number of para-hydroxylation sites is 1. The van der Waals surface area contributed by atoms with Gasteiger partial charge in [0.25, 0.3) is 5.91 Å². The summed E-state index contributed by atoms with van der Waals surface area (Å²) in [4.78, 5) is 25.3. The minimum absolute atomic E-state index is 0.0218. The predicted octanol–water partition coefficient (Wildman–Crippen LogP) is 3.90. The summed E-state index contributed by atoms with van der Waals surface area (Å²) in [6, 6.07) is 11.8. The Morgan fingerprint density at radius 2 is 1.67 bits per heavy atom. The highest BCUT2D eigenvalue weighted by molar-refractivity contribution is 5.93. The van der Waals surface area contributed by atoms with Crippen molar-refractivity contribution in [3.8, 4) is 0 Å². The molecule has 5 nitrogen and oxygen atoms in total. The molecule has 0 atom stereocenters. The van der Waals surface area contributed by atoms with E-state index in [0.717, 1.165) is 44.0 Å². The van der Waals surface area contributed by atoms with E-state index in [9.17, 15) is 4.79 Å². The summed E-state index contributed by atoms with van der Waals surface area (Å²) >= 11 is 0. The van der Waals surface area contributed by atoms with Crippen LogP contribution < -0.4 is 4.90 Å². The molecule has 0 radical (unpaired) electrons. The maximum Gasteiger partial charge on any atom is 0.272 e. The predicted molar refractivity (Wildman–Crippen MR) is 97.6 cm³/mol. The van der Waals surface area contributed by atoms with Gasteiger partial charge in [-0.2, -0.15) is 0 Å². The number of amides is 1. The number of aromatic nitrogens is 2. The first-order chi connectivity index (χ1) is 11.7. The third-order valence-electron chi connectivity index (χ3n) is 3.81. The third kappa shape index (κ3) is 4.31. The van der Waals surface area contributed by atoms with Gasteiger partial charge in [-0.1, -0.05) is 32.0 Å². The number of hydrogen-bond acceptors (Lipinski definition) is 4. The molecule has 0 bridgehead atoms. The smallest absolute Gasteiger partial charge is 0.272 e. The second-order valence-electron chi connectivity index (χ2n) is 5.63. The summed E-state index contributed by atoms with van der Waals surface area (Å²) in [5, 5.41) is 0. The SMILES string of the molecule is CCCN(CCC)C(=O)c1cc(N(CC)c2ccccc2)ncn1. The van der Waals surface area contributed by atoms with Crippen molar-refractivity contribution < 1.29 is 4.79 Å². The molecule has 0 aliphatic rings. The average molecular weight is 326 g/mol. The number of anilines is 2. The molecule has 0 spiro atoms. The van der Waals surface area contributed by atoms with Gasteiger partial charge in [-0.3, -0.25) is 4.79 Å². The molecule has 1 heterocycles. The molecule has 1 aromatic heterocycles. The fourth-order valence-corrected chi connectivity index (χ4v) is 2.71. The molecule has 0 aliphatic carbocycles. The monoisotopic (exact) mass is 326 g/mol. The van der Waals surface area contributed by atoms with E-state index in [4.69, 9.17) is 0 Å². The highest BCUT2D eigenvalue weighted by atomic mass is 16.2. The van der Waals surface area contributed by atoms with Crippen molar-refractivity contribution in [1.82, 2.24) is 14.9 Å². The van der Waals surface area contributed by atoms with E-state index >= 15 is 0 Å². The molecule has 1 aromatic carbocycles. The lowest BCUT2D eigenvalue weighted by Gasteiger charge is -2.24. The summed E-state index contributed by atoms with van der Waals surface area (Å²) in [5.41, 5.74) is 1.51. The summed E-state index contributed by atoms with van der Waals surface area (Å²) in [5.74, 6) is 0.724. The van der Waals surface area contributed by atoms with Gasteiger partial charge in [0.1, 0.15) is 17.8 Å². The average Bonchev–Trinajstić information content (AvgIpc) is 2.63. The van der Waals surface area contributed by atoms with E-state index < -0.39 is 0 Å². The van der Waals surface area contributed by atoms with Crippen LogP contribution in [0.3, 0.4) is 0 Å². The zero-order valence-corrected chi connectivity index (χ0v) is 14.8. The van der Waals surface area contributed by atoms with Crippen LogP contribution in [0.25, 0.3) is 0 Å². The lowest BCUT2D eigenvalue weighted by molar-refractivity contribution is 0.0749. The second-order valence-corrected chi connectivity index (χ2v) is 5.63. The largest absolute Gasteiger partial charge is 0.337 e. The number of benzene rings is 1. The standard InChI is InChI=1S/C19H26N4O/c1-4-12-22(13-5-2)19(24)17-14-18(21-15-20-17)23(6-3)16-10-8-7-9-11-16/h7-11,14-15H,4-6,12-13H2,1-3H3. The first kappa shape index (κ1) is 17.9. The minimum atomic E-state index is -0.0218. The molecule has 0 N–H and O–H groups in total. The summed E-state index contributed by atoms with van der Waals surface area (Å²) < 4.78 is 0. The van der Waals surface area contributed by atoms with E-state index in [1.165, 1.54) is 6.33 Å². The quantitative estimate of drug-likeness (QED) is 0.738. The van der Waals surface area contributed by atoms with E-state index in [1.807, 2.05) is 35.2 Å². The van der Waals surface area contributed by atoms with Crippen LogP contribution in [-0.2, 0) is 0 Å². The number of hydrogen-bond donors (Lipinski definition) is 0. The summed E-state index contributed by atoms with van der Waals surface area (Å²) in [7, 11) is 0. The number of nitrogens with zero attached hydrogens (tertiary/aromatic N) is 4. The molecule has 0 unspecified atom stereocenters. The van der Waals surface area contributed by atoms with Crippen molar-refractivity contribution in [3.63, 3.8) is 0 Å². The van der Waals surface area contributed by atoms with Gasteiger partial charge in [-0.15, -0.1) is 0 Å². The Bertz CT molecular complexity index is 639. The Morgan fingerprint density at radius 1 is 1.00 bits per heavy atom. The van der Waals surface area contributed by atoms with Crippen molar-refractivity contribution in [2.75, 3.05) is 24.5 Å². The molecule has 0 aliphatic heterocycles. The van der Waals surface area contributed by atoms with Crippen molar-refractivity contribution in [1.29, 1.82) is 0 Å². The molecular weight excluding hydrogens is 300 g/mol. The van der Waals surface area contributed by atoms with Gasteiger partial charge >= 0.3 is 0 Å². The van der Waals surface area contributed by atoms with Gasteiger partial charge in [0.05, 0.1) is 0 Å². The number of rotatable bonds is 8. The Kier molecular flexibility index (Phi) is 6.73. The van der Waals surface area contributed by atoms with Crippen LogP contribution in [0.15, 0.2) is 42.7 Å². The summed E-state index contributed by atoms with van der Waals surface area (Å²) in [6.45, 7) is 8.49. The molecular formula is C19H26N4O. The molecule has 24 heavy (non-hydrogen) atoms. The topological polar surface area (TPSA) is 49.3 Å². The number of carbonyl (C=O) groups is 1. The first-order valence-electron chi connectivity index (χ1n) is 8.65. The zero-order chi connectivity index (χ0) is 17.4. The van der Waals surface area contributed by atoms with Gasteiger partial charge < -0.3 is 9.80 Å². The van der Waals surface area contributed by atoms with Crippen LogP contribution in [0.2, 0.25) is 0 Å². The van der Waals surface area contributed by atoms with E-state index in [-0.39, 0.29) is 5.91 Å². The van der Waals surface area contributed by atoms with E-state index in [1.54, 1.807) is 6.07 Å². The van der Waals surface area contributed by atoms with Gasteiger partial charge in [-0.25, -0.2) is 9.97 Å². The highest BCUT2D eigenvalue weighted by Crippen LogP contribution is 2.23. The Labute approximate surface area is 144 Å². The molecule has 128 valence electrons. The lowest BCUT2D eigenvalue weighted by Crippen LogP contribution is -2.33. The van der Waals surface area contributed by atoms with Crippen LogP contribution in [0.1, 0.15) is 44.1 Å². The molecule has 1 amide bonds.